The van der Waals surface area contributed by atoms with Gasteiger partial charge >= 0.3 is 0 Å². The molecule has 0 radical (unpaired) electrons. The molecule has 2 aromatic rings. The molecule has 1 atom stereocenters. The fourth-order valence-electron chi connectivity index (χ4n) is 2.62. The van der Waals surface area contributed by atoms with E-state index in [-0.39, 0.29) is 30.0 Å². The van der Waals surface area contributed by atoms with Gasteiger partial charge in [0.15, 0.2) is 0 Å². The predicted molar refractivity (Wildman–Crippen MR) is 86.2 cm³/mol. The fraction of sp³-hybridized carbons (Fsp3) is 0.333. The lowest BCUT2D eigenvalue weighted by Gasteiger charge is -2.38. The van der Waals surface area contributed by atoms with Crippen LogP contribution in [-0.2, 0) is 0 Å². The van der Waals surface area contributed by atoms with Gasteiger partial charge in [0, 0.05) is 23.9 Å². The summed E-state index contributed by atoms with van der Waals surface area (Å²) in [7, 11) is 0. The highest BCUT2D eigenvalue weighted by molar-refractivity contribution is 5.92. The summed E-state index contributed by atoms with van der Waals surface area (Å²) >= 11 is 0. The lowest BCUT2D eigenvalue weighted by Crippen LogP contribution is -2.41. The molecule has 1 aliphatic rings. The maximum atomic E-state index is 12.2. The molecule has 3 rings (SSSR count). The second kappa shape index (κ2) is 5.88. The number of fused-ring (bicyclic) bond motifs is 1. The average Bonchev–Trinajstić information content (AvgIpc) is 2.93. The van der Waals surface area contributed by atoms with E-state index in [9.17, 15) is 4.79 Å². The summed E-state index contributed by atoms with van der Waals surface area (Å²) in [5.74, 6) is 0.568. The van der Waals surface area contributed by atoms with Crippen molar-refractivity contribution in [2.24, 2.45) is 0 Å². The van der Waals surface area contributed by atoms with Gasteiger partial charge in [-0.25, -0.2) is 0 Å². The van der Waals surface area contributed by atoms with Gasteiger partial charge in [0.25, 0.3) is 5.91 Å². The molecule has 0 saturated heterocycles. The van der Waals surface area contributed by atoms with E-state index in [1.54, 1.807) is 18.3 Å². The molecule has 0 bridgehead atoms. The molecule has 22 heavy (non-hydrogen) atoms. The smallest absolute Gasteiger partial charge is 0.269 e. The first-order chi connectivity index (χ1) is 9.94. The summed E-state index contributed by atoms with van der Waals surface area (Å²) in [6.07, 6.45) is 2.22. The summed E-state index contributed by atoms with van der Waals surface area (Å²) in [6.45, 7) is 4.00. The van der Waals surface area contributed by atoms with Crippen molar-refractivity contribution in [1.29, 1.82) is 0 Å². The van der Waals surface area contributed by atoms with Gasteiger partial charge < -0.3 is 15.8 Å². The van der Waals surface area contributed by atoms with Gasteiger partial charge in [0.1, 0.15) is 17.0 Å². The molecule has 118 valence electrons. The van der Waals surface area contributed by atoms with E-state index in [0.717, 1.165) is 11.3 Å². The first-order valence-electron chi connectivity index (χ1n) is 6.83. The van der Waals surface area contributed by atoms with Crippen LogP contribution in [0.4, 0.5) is 5.69 Å². The Bertz CT molecular complexity index is 670. The van der Waals surface area contributed by atoms with Crippen LogP contribution in [0.2, 0.25) is 0 Å². The maximum absolute atomic E-state index is 12.2. The van der Waals surface area contributed by atoms with Crippen LogP contribution in [-0.4, -0.2) is 21.7 Å². The second-order valence-corrected chi connectivity index (χ2v) is 5.86. The lowest BCUT2D eigenvalue weighted by atomic mass is 9.89. The van der Waals surface area contributed by atoms with Crippen LogP contribution in [0, 0.1) is 0 Å². The van der Waals surface area contributed by atoms with Crippen molar-refractivity contribution in [3.63, 3.8) is 0 Å². The minimum absolute atomic E-state index is 0. The summed E-state index contributed by atoms with van der Waals surface area (Å²) in [4.78, 5) is 12.2. The number of nitrogens with one attached hydrogen (secondary N) is 2. The Morgan fingerprint density at radius 1 is 1.45 bits per heavy atom. The van der Waals surface area contributed by atoms with E-state index in [4.69, 9.17) is 10.5 Å². The van der Waals surface area contributed by atoms with Gasteiger partial charge in [0.2, 0.25) is 0 Å². The number of benzene rings is 1. The number of hydrogen-bond acceptors (Lipinski definition) is 4. The van der Waals surface area contributed by atoms with Crippen molar-refractivity contribution in [2.75, 3.05) is 5.73 Å². The zero-order valence-corrected chi connectivity index (χ0v) is 13.2. The Labute approximate surface area is 134 Å². The highest BCUT2D eigenvalue weighted by Crippen LogP contribution is 2.40. The number of hydrogen-bond donors (Lipinski definition) is 3. The van der Waals surface area contributed by atoms with Crippen molar-refractivity contribution < 1.29 is 9.53 Å². The number of rotatable bonds is 2. The number of amides is 1. The number of ether oxygens (including phenoxy) is 1. The van der Waals surface area contributed by atoms with Crippen LogP contribution >= 0.6 is 12.4 Å². The van der Waals surface area contributed by atoms with E-state index < -0.39 is 0 Å². The molecule has 1 unspecified atom stereocenters. The number of nitrogen functional groups attached to an aromatic ring is 1. The molecular formula is C15H19ClN4O2. The molecule has 1 aliphatic heterocycles. The van der Waals surface area contributed by atoms with Crippen LogP contribution in [0.3, 0.4) is 0 Å². The summed E-state index contributed by atoms with van der Waals surface area (Å²) in [5.41, 5.74) is 7.49. The highest BCUT2D eigenvalue weighted by atomic mass is 35.5. The standard InChI is InChI=1S/C15H18N4O2.ClH/c1-15(2)8-12(18-14(20)11-5-6-17-19-11)10-7-9(16)3-4-13(10)21-15;/h3-7,12H,8,16H2,1-2H3,(H,17,19)(H,18,20);1H. The van der Waals surface area contributed by atoms with Crippen molar-refractivity contribution in [3.8, 4) is 5.75 Å². The SMILES string of the molecule is CC1(C)CC(NC(=O)c2ccn[nH]2)c2cc(N)ccc2O1.Cl. The molecule has 6 nitrogen and oxygen atoms in total. The summed E-state index contributed by atoms with van der Waals surface area (Å²) in [5, 5.41) is 9.47. The van der Waals surface area contributed by atoms with E-state index in [1.807, 2.05) is 26.0 Å². The van der Waals surface area contributed by atoms with Crippen LogP contribution in [0.15, 0.2) is 30.5 Å². The number of carbonyl (C=O) groups excluding carboxylic acids is 1. The van der Waals surface area contributed by atoms with Crippen molar-refractivity contribution >= 4 is 24.0 Å². The number of carbonyl (C=O) groups is 1. The number of nitrogens with zero attached hydrogens (tertiary/aromatic N) is 1. The van der Waals surface area contributed by atoms with Crippen LogP contribution in [0.1, 0.15) is 42.4 Å². The summed E-state index contributed by atoms with van der Waals surface area (Å²) in [6, 6.07) is 6.99. The van der Waals surface area contributed by atoms with Crippen LogP contribution in [0.25, 0.3) is 0 Å². The molecule has 0 aliphatic carbocycles. The van der Waals surface area contributed by atoms with Crippen molar-refractivity contribution in [1.82, 2.24) is 15.5 Å². The molecule has 0 fully saturated rings. The average molecular weight is 323 g/mol. The lowest BCUT2D eigenvalue weighted by molar-refractivity contribution is 0.0618. The number of aromatic nitrogens is 2. The molecule has 0 spiro atoms. The Kier molecular flexibility index (Phi) is 4.32. The van der Waals surface area contributed by atoms with Crippen LogP contribution in [0.5, 0.6) is 5.75 Å². The first-order valence-corrected chi connectivity index (χ1v) is 6.83. The van der Waals surface area contributed by atoms with E-state index in [2.05, 4.69) is 15.5 Å². The molecule has 4 N–H and O–H groups in total. The number of aromatic amines is 1. The van der Waals surface area contributed by atoms with E-state index in [1.165, 1.54) is 0 Å². The molecule has 1 aromatic heterocycles. The zero-order chi connectivity index (χ0) is 15.0. The third kappa shape index (κ3) is 3.17. The van der Waals surface area contributed by atoms with Crippen LogP contribution < -0.4 is 15.8 Å². The Hall–Kier alpha value is -2.21. The monoisotopic (exact) mass is 322 g/mol. The van der Waals surface area contributed by atoms with Gasteiger partial charge in [-0.3, -0.25) is 9.89 Å². The minimum atomic E-state index is -0.352. The summed E-state index contributed by atoms with van der Waals surface area (Å²) < 4.78 is 5.95. The van der Waals surface area contributed by atoms with Gasteiger partial charge in [0.05, 0.1) is 6.04 Å². The molecule has 1 aromatic carbocycles. The quantitative estimate of drug-likeness (QED) is 0.740. The number of anilines is 1. The molecule has 1 amide bonds. The van der Waals surface area contributed by atoms with E-state index in [0.29, 0.717) is 17.8 Å². The minimum Gasteiger partial charge on any atom is -0.487 e. The normalized spacial score (nSPS) is 18.5. The molecular weight excluding hydrogens is 304 g/mol. The Morgan fingerprint density at radius 3 is 2.91 bits per heavy atom. The van der Waals surface area contributed by atoms with Crippen molar-refractivity contribution in [2.45, 2.75) is 31.9 Å². The predicted octanol–water partition coefficient (Wildman–Crippen LogP) is 2.45. The largest absolute Gasteiger partial charge is 0.487 e. The second-order valence-electron chi connectivity index (χ2n) is 5.86. The van der Waals surface area contributed by atoms with Gasteiger partial charge in [-0.1, -0.05) is 0 Å². The highest BCUT2D eigenvalue weighted by Gasteiger charge is 2.34. The third-order valence-electron chi connectivity index (χ3n) is 3.54. The number of H-pyrrole nitrogens is 1. The van der Waals surface area contributed by atoms with Gasteiger partial charge in [-0.15, -0.1) is 12.4 Å². The van der Waals surface area contributed by atoms with E-state index >= 15 is 0 Å². The maximum Gasteiger partial charge on any atom is 0.269 e. The fourth-order valence-corrected chi connectivity index (χ4v) is 2.62. The zero-order valence-electron chi connectivity index (χ0n) is 12.4. The first kappa shape index (κ1) is 16.2. The van der Waals surface area contributed by atoms with Gasteiger partial charge in [-0.05, 0) is 38.1 Å². The molecule has 7 heteroatoms. The van der Waals surface area contributed by atoms with Crippen molar-refractivity contribution in [3.05, 3.63) is 41.7 Å². The number of halogens is 1. The number of nitrogens with two attached hydrogens (primary N) is 1. The molecule has 2 heterocycles. The Balaban J connectivity index is 0.00000176. The third-order valence-corrected chi connectivity index (χ3v) is 3.54. The molecule has 0 saturated carbocycles. The Morgan fingerprint density at radius 2 is 2.23 bits per heavy atom. The topological polar surface area (TPSA) is 93.0 Å². The van der Waals surface area contributed by atoms with Gasteiger partial charge in [-0.2, -0.15) is 5.10 Å².